The number of nitrogens with zero attached hydrogens (tertiary/aromatic N) is 1. The molecule has 0 aliphatic carbocycles. The number of aromatic nitrogens is 1. The zero-order chi connectivity index (χ0) is 11.3. The molecule has 86 valence electrons. The summed E-state index contributed by atoms with van der Waals surface area (Å²) in [6.45, 7) is 12.1. The first-order valence-corrected chi connectivity index (χ1v) is 5.86. The molecule has 0 atom stereocenters. The fourth-order valence-corrected chi connectivity index (χ4v) is 1.57. The van der Waals surface area contributed by atoms with Crippen molar-refractivity contribution in [3.05, 3.63) is 24.0 Å². The molecule has 2 nitrogen and oxygen atoms in total. The Bertz CT molecular complexity index is 281. The van der Waals surface area contributed by atoms with Crippen molar-refractivity contribution >= 4 is 0 Å². The Morgan fingerprint density at radius 1 is 1.33 bits per heavy atom. The van der Waals surface area contributed by atoms with Crippen LogP contribution in [-0.4, -0.2) is 11.1 Å². The van der Waals surface area contributed by atoms with E-state index in [1.54, 1.807) is 0 Å². The van der Waals surface area contributed by atoms with E-state index in [1.807, 2.05) is 0 Å². The molecule has 1 rings (SSSR count). The van der Waals surface area contributed by atoms with Crippen molar-refractivity contribution in [3.63, 3.8) is 0 Å². The van der Waals surface area contributed by atoms with E-state index in [0.29, 0.717) is 5.41 Å². The van der Waals surface area contributed by atoms with Crippen molar-refractivity contribution in [2.75, 3.05) is 6.54 Å². The number of hydrogen-bond acceptors (Lipinski definition) is 1. The minimum atomic E-state index is 0.367. The van der Waals surface area contributed by atoms with Gasteiger partial charge in [-0.3, -0.25) is 0 Å². The van der Waals surface area contributed by atoms with Gasteiger partial charge < -0.3 is 9.88 Å². The molecule has 2 heteroatoms. The SMILES string of the molecule is CCCn1ccc(CNCC(C)(C)C)c1. The van der Waals surface area contributed by atoms with E-state index >= 15 is 0 Å². The Labute approximate surface area is 93.7 Å². The van der Waals surface area contributed by atoms with Crippen LogP contribution in [0.3, 0.4) is 0 Å². The molecule has 0 aromatic carbocycles. The topological polar surface area (TPSA) is 17.0 Å². The molecular weight excluding hydrogens is 184 g/mol. The Morgan fingerprint density at radius 3 is 2.67 bits per heavy atom. The molecular formula is C13H24N2. The van der Waals surface area contributed by atoms with Crippen molar-refractivity contribution in [1.29, 1.82) is 0 Å². The monoisotopic (exact) mass is 208 g/mol. The quantitative estimate of drug-likeness (QED) is 0.787. The van der Waals surface area contributed by atoms with Gasteiger partial charge in [-0.2, -0.15) is 0 Å². The van der Waals surface area contributed by atoms with Gasteiger partial charge in [-0.05, 0) is 23.5 Å². The van der Waals surface area contributed by atoms with Gasteiger partial charge in [0.2, 0.25) is 0 Å². The van der Waals surface area contributed by atoms with Gasteiger partial charge in [0, 0.05) is 32.0 Å². The maximum atomic E-state index is 3.48. The van der Waals surface area contributed by atoms with Crippen molar-refractivity contribution in [2.45, 2.75) is 47.2 Å². The Hall–Kier alpha value is -0.760. The molecule has 0 bridgehead atoms. The van der Waals surface area contributed by atoms with Crippen molar-refractivity contribution < 1.29 is 0 Å². The van der Waals surface area contributed by atoms with Crippen LogP contribution in [-0.2, 0) is 13.1 Å². The molecule has 0 fully saturated rings. The normalized spacial score (nSPS) is 12.0. The highest BCUT2D eigenvalue weighted by Crippen LogP contribution is 2.11. The Kier molecular flexibility index (Phi) is 4.40. The van der Waals surface area contributed by atoms with Gasteiger partial charge in [0.25, 0.3) is 0 Å². The van der Waals surface area contributed by atoms with E-state index in [2.05, 4.69) is 56.0 Å². The van der Waals surface area contributed by atoms with Gasteiger partial charge in [0.1, 0.15) is 0 Å². The van der Waals surface area contributed by atoms with E-state index in [-0.39, 0.29) is 0 Å². The van der Waals surface area contributed by atoms with Crippen LogP contribution in [0.25, 0.3) is 0 Å². The number of rotatable bonds is 5. The summed E-state index contributed by atoms with van der Waals surface area (Å²) in [6.07, 6.45) is 5.60. The maximum absolute atomic E-state index is 3.48. The van der Waals surface area contributed by atoms with Crippen LogP contribution >= 0.6 is 0 Å². The second kappa shape index (κ2) is 5.36. The number of hydrogen-bond donors (Lipinski definition) is 1. The predicted octanol–water partition coefficient (Wildman–Crippen LogP) is 3.03. The molecule has 0 amide bonds. The zero-order valence-electron chi connectivity index (χ0n) is 10.5. The average Bonchev–Trinajstić information content (AvgIpc) is 2.51. The first-order chi connectivity index (χ1) is 7.01. The summed E-state index contributed by atoms with van der Waals surface area (Å²) in [7, 11) is 0. The van der Waals surface area contributed by atoms with Crippen LogP contribution in [0.5, 0.6) is 0 Å². The fraction of sp³-hybridized carbons (Fsp3) is 0.692. The lowest BCUT2D eigenvalue weighted by molar-refractivity contribution is 0.379. The zero-order valence-corrected chi connectivity index (χ0v) is 10.5. The largest absolute Gasteiger partial charge is 0.354 e. The molecule has 0 saturated heterocycles. The molecule has 0 saturated carbocycles. The molecule has 0 aliphatic rings. The number of nitrogens with one attached hydrogen (secondary N) is 1. The number of aryl methyl sites for hydroxylation is 1. The molecule has 1 N–H and O–H groups in total. The highest BCUT2D eigenvalue weighted by Gasteiger charge is 2.08. The van der Waals surface area contributed by atoms with Crippen LogP contribution < -0.4 is 5.32 Å². The molecule has 15 heavy (non-hydrogen) atoms. The first-order valence-electron chi connectivity index (χ1n) is 5.86. The predicted molar refractivity (Wildman–Crippen MR) is 65.9 cm³/mol. The molecule has 0 spiro atoms. The lowest BCUT2D eigenvalue weighted by Gasteiger charge is -2.18. The minimum Gasteiger partial charge on any atom is -0.354 e. The minimum absolute atomic E-state index is 0.367. The molecule has 0 unspecified atom stereocenters. The van der Waals surface area contributed by atoms with Crippen LogP contribution in [0.4, 0.5) is 0 Å². The van der Waals surface area contributed by atoms with E-state index in [4.69, 9.17) is 0 Å². The van der Waals surface area contributed by atoms with E-state index in [1.165, 1.54) is 12.0 Å². The first kappa shape index (κ1) is 12.3. The van der Waals surface area contributed by atoms with E-state index in [0.717, 1.165) is 19.6 Å². The second-order valence-corrected chi connectivity index (χ2v) is 5.42. The average molecular weight is 208 g/mol. The summed E-state index contributed by atoms with van der Waals surface area (Å²) in [4.78, 5) is 0. The van der Waals surface area contributed by atoms with E-state index < -0.39 is 0 Å². The van der Waals surface area contributed by atoms with Gasteiger partial charge in [-0.1, -0.05) is 27.7 Å². The lowest BCUT2D eigenvalue weighted by atomic mass is 9.97. The molecule has 1 aromatic rings. The summed E-state index contributed by atoms with van der Waals surface area (Å²) >= 11 is 0. The third-order valence-electron chi connectivity index (χ3n) is 2.28. The van der Waals surface area contributed by atoms with Crippen molar-refractivity contribution in [1.82, 2.24) is 9.88 Å². The third kappa shape index (κ3) is 5.03. The third-order valence-corrected chi connectivity index (χ3v) is 2.28. The standard InChI is InChI=1S/C13H24N2/c1-5-7-15-8-6-12(10-15)9-14-11-13(2,3)4/h6,8,10,14H,5,7,9,11H2,1-4H3. The van der Waals surface area contributed by atoms with Gasteiger partial charge in [0.15, 0.2) is 0 Å². The lowest BCUT2D eigenvalue weighted by Crippen LogP contribution is -2.26. The van der Waals surface area contributed by atoms with E-state index in [9.17, 15) is 0 Å². The van der Waals surface area contributed by atoms with Gasteiger partial charge in [-0.25, -0.2) is 0 Å². The molecule has 0 aliphatic heterocycles. The highest BCUT2D eigenvalue weighted by molar-refractivity contribution is 5.09. The van der Waals surface area contributed by atoms with Crippen LogP contribution in [0.2, 0.25) is 0 Å². The summed E-state index contributed by atoms with van der Waals surface area (Å²) in [5, 5.41) is 3.48. The molecule has 1 heterocycles. The Balaban J connectivity index is 2.31. The maximum Gasteiger partial charge on any atom is 0.0220 e. The smallest absolute Gasteiger partial charge is 0.0220 e. The summed E-state index contributed by atoms with van der Waals surface area (Å²) < 4.78 is 2.26. The van der Waals surface area contributed by atoms with Gasteiger partial charge in [-0.15, -0.1) is 0 Å². The van der Waals surface area contributed by atoms with Gasteiger partial charge in [0.05, 0.1) is 0 Å². The fourth-order valence-electron chi connectivity index (χ4n) is 1.57. The molecule has 1 aromatic heterocycles. The van der Waals surface area contributed by atoms with Gasteiger partial charge >= 0.3 is 0 Å². The second-order valence-electron chi connectivity index (χ2n) is 5.42. The highest BCUT2D eigenvalue weighted by atomic mass is 14.9. The molecule has 0 radical (unpaired) electrons. The summed E-state index contributed by atoms with van der Waals surface area (Å²) in [6, 6.07) is 2.20. The summed E-state index contributed by atoms with van der Waals surface area (Å²) in [5.41, 5.74) is 1.75. The summed E-state index contributed by atoms with van der Waals surface area (Å²) in [5.74, 6) is 0. The van der Waals surface area contributed by atoms with Crippen molar-refractivity contribution in [2.24, 2.45) is 5.41 Å². The Morgan fingerprint density at radius 2 is 2.07 bits per heavy atom. The van der Waals surface area contributed by atoms with Crippen molar-refractivity contribution in [3.8, 4) is 0 Å². The van der Waals surface area contributed by atoms with Crippen LogP contribution in [0.1, 0.15) is 39.7 Å². The van der Waals surface area contributed by atoms with Crippen LogP contribution in [0.15, 0.2) is 18.5 Å². The van der Waals surface area contributed by atoms with Crippen LogP contribution in [0, 0.1) is 5.41 Å².